The number of methoxy groups -OCH3 is 2. The standard InChI is InChI=1S/C6H15NO5Si/c1-7(5(8)9)12-4-13-6(10-2)11-3/h6H,4,13H2,1-3H3,(H,8,9). The minimum atomic E-state index is -1.11. The highest BCUT2D eigenvalue weighted by Gasteiger charge is 2.09. The van der Waals surface area contributed by atoms with Crippen LogP contribution in [0.3, 0.4) is 0 Å². The largest absolute Gasteiger partial charge is 0.463 e. The molecule has 78 valence electrons. The van der Waals surface area contributed by atoms with E-state index in [1.165, 1.54) is 7.05 Å². The molecule has 7 heteroatoms. The monoisotopic (exact) mass is 209 g/mol. The first kappa shape index (κ1) is 12.4. The highest BCUT2D eigenvalue weighted by atomic mass is 28.2. The van der Waals surface area contributed by atoms with Crippen LogP contribution in [-0.4, -0.2) is 59.2 Å². The van der Waals surface area contributed by atoms with Crippen LogP contribution < -0.4 is 0 Å². The Morgan fingerprint density at radius 2 is 2.08 bits per heavy atom. The number of rotatable bonds is 6. The summed E-state index contributed by atoms with van der Waals surface area (Å²) in [5.41, 5.74) is 0. The SMILES string of the molecule is COC(OC)[SiH2]CON(C)C(=O)O. The van der Waals surface area contributed by atoms with Gasteiger partial charge >= 0.3 is 6.09 Å². The van der Waals surface area contributed by atoms with Gasteiger partial charge in [-0.25, -0.2) is 4.79 Å². The van der Waals surface area contributed by atoms with Crippen molar-refractivity contribution in [2.24, 2.45) is 0 Å². The Morgan fingerprint density at radius 3 is 2.46 bits per heavy atom. The topological polar surface area (TPSA) is 68.2 Å². The highest BCUT2D eigenvalue weighted by molar-refractivity contribution is 6.36. The van der Waals surface area contributed by atoms with E-state index in [0.29, 0.717) is 6.23 Å². The highest BCUT2D eigenvalue weighted by Crippen LogP contribution is 1.90. The van der Waals surface area contributed by atoms with E-state index >= 15 is 0 Å². The van der Waals surface area contributed by atoms with E-state index < -0.39 is 15.6 Å². The number of nitrogens with zero attached hydrogens (tertiary/aromatic N) is 1. The maximum atomic E-state index is 10.3. The van der Waals surface area contributed by atoms with Crippen molar-refractivity contribution in [1.29, 1.82) is 0 Å². The second-order valence-electron chi connectivity index (χ2n) is 2.30. The molecule has 0 aromatic heterocycles. The molecule has 0 bridgehead atoms. The molecule has 0 aliphatic carbocycles. The van der Waals surface area contributed by atoms with Crippen LogP contribution in [0.2, 0.25) is 0 Å². The molecule has 0 unspecified atom stereocenters. The summed E-state index contributed by atoms with van der Waals surface area (Å²) in [5.74, 6) is -0.220. The smallest absolute Gasteiger partial charge is 0.431 e. The average Bonchev–Trinajstić information content (AvgIpc) is 2.12. The summed E-state index contributed by atoms with van der Waals surface area (Å²) >= 11 is 0. The molecule has 0 saturated heterocycles. The molecule has 0 atom stereocenters. The van der Waals surface area contributed by atoms with Gasteiger partial charge in [0.15, 0.2) is 0 Å². The molecule has 0 rings (SSSR count). The molecule has 0 aromatic rings. The first-order valence-electron chi connectivity index (χ1n) is 3.77. The van der Waals surface area contributed by atoms with Gasteiger partial charge in [0.25, 0.3) is 0 Å². The van der Waals surface area contributed by atoms with Crippen LogP contribution in [0.5, 0.6) is 0 Å². The molecule has 0 aliphatic rings. The molecule has 6 nitrogen and oxygen atoms in total. The van der Waals surface area contributed by atoms with Crippen molar-refractivity contribution in [1.82, 2.24) is 5.06 Å². The van der Waals surface area contributed by atoms with Gasteiger partial charge in [-0.1, -0.05) is 0 Å². The first-order valence-corrected chi connectivity index (χ1v) is 5.58. The van der Waals surface area contributed by atoms with Crippen molar-refractivity contribution >= 4 is 15.6 Å². The minimum Gasteiger partial charge on any atom is -0.463 e. The molecule has 0 fully saturated rings. The molecule has 0 spiro atoms. The quantitative estimate of drug-likeness (QED) is 0.353. The van der Waals surface area contributed by atoms with Crippen LogP contribution in [-0.2, 0) is 14.3 Å². The van der Waals surface area contributed by atoms with Gasteiger partial charge in [-0.2, -0.15) is 5.06 Å². The number of ether oxygens (including phenoxy) is 2. The number of carbonyl (C=O) groups is 1. The normalized spacial score (nSPS) is 11.4. The molecule has 0 saturated carbocycles. The summed E-state index contributed by atoms with van der Waals surface area (Å²) in [5, 5.41) is 9.19. The van der Waals surface area contributed by atoms with Gasteiger partial charge in [-0.05, 0) is 0 Å². The van der Waals surface area contributed by atoms with Crippen LogP contribution in [0, 0.1) is 0 Å². The van der Waals surface area contributed by atoms with Crippen molar-refractivity contribution in [3.05, 3.63) is 0 Å². The lowest BCUT2D eigenvalue weighted by Crippen LogP contribution is -2.31. The van der Waals surface area contributed by atoms with Gasteiger partial charge in [-0.15, -0.1) is 0 Å². The summed E-state index contributed by atoms with van der Waals surface area (Å²) in [7, 11) is 3.70. The Kier molecular flexibility index (Phi) is 6.50. The van der Waals surface area contributed by atoms with Crippen molar-refractivity contribution in [3.8, 4) is 0 Å². The second kappa shape index (κ2) is 6.84. The van der Waals surface area contributed by atoms with Gasteiger partial charge < -0.3 is 14.6 Å². The third-order valence-corrected chi connectivity index (χ3v) is 2.99. The van der Waals surface area contributed by atoms with Crippen LogP contribution in [0.15, 0.2) is 0 Å². The van der Waals surface area contributed by atoms with Crippen molar-refractivity contribution in [2.75, 3.05) is 27.5 Å². The lowest BCUT2D eigenvalue weighted by molar-refractivity contribution is -0.0995. The average molecular weight is 209 g/mol. The zero-order valence-corrected chi connectivity index (χ0v) is 9.43. The Bertz CT molecular complexity index is 152. The van der Waals surface area contributed by atoms with E-state index in [-0.39, 0.29) is 5.91 Å². The van der Waals surface area contributed by atoms with Gasteiger partial charge in [0.2, 0.25) is 0 Å². The van der Waals surface area contributed by atoms with Crippen LogP contribution in [0.1, 0.15) is 0 Å². The Labute approximate surface area is 79.1 Å². The zero-order chi connectivity index (χ0) is 10.3. The minimum absolute atomic E-state index is 0.220. The Morgan fingerprint density at radius 1 is 1.54 bits per heavy atom. The molecule has 0 aromatic carbocycles. The maximum absolute atomic E-state index is 10.3. The fourth-order valence-electron chi connectivity index (χ4n) is 0.673. The van der Waals surface area contributed by atoms with Gasteiger partial charge in [0, 0.05) is 21.3 Å². The van der Waals surface area contributed by atoms with E-state index in [1.807, 2.05) is 0 Å². The van der Waals surface area contributed by atoms with E-state index in [9.17, 15) is 4.79 Å². The van der Waals surface area contributed by atoms with E-state index in [2.05, 4.69) is 0 Å². The number of amides is 1. The zero-order valence-electron chi connectivity index (χ0n) is 8.02. The third kappa shape index (κ3) is 5.58. The van der Waals surface area contributed by atoms with Crippen molar-refractivity contribution in [2.45, 2.75) is 5.91 Å². The third-order valence-electron chi connectivity index (χ3n) is 1.43. The molecule has 0 heterocycles. The Balaban J connectivity index is 3.48. The number of carboxylic acid groups (broad SMARTS) is 1. The summed E-state index contributed by atoms with van der Waals surface area (Å²) in [6, 6.07) is 0. The number of hydrogen-bond acceptors (Lipinski definition) is 4. The fourth-order valence-corrected chi connectivity index (χ4v) is 1.72. The van der Waals surface area contributed by atoms with Crippen LogP contribution >= 0.6 is 0 Å². The van der Waals surface area contributed by atoms with E-state index in [1.54, 1.807) is 14.2 Å². The van der Waals surface area contributed by atoms with Gasteiger partial charge in [0.1, 0.15) is 15.4 Å². The van der Waals surface area contributed by atoms with Gasteiger partial charge in [0.05, 0.1) is 6.23 Å². The predicted octanol–water partition coefficient (Wildman–Crippen LogP) is -0.770. The summed E-state index contributed by atoms with van der Waals surface area (Å²) in [6.45, 7) is 0. The van der Waals surface area contributed by atoms with Gasteiger partial charge in [-0.3, -0.25) is 4.84 Å². The molecule has 1 N–H and O–H groups in total. The molecule has 0 radical (unpaired) electrons. The lowest BCUT2D eigenvalue weighted by atomic mass is 11.1. The maximum Gasteiger partial charge on any atom is 0.431 e. The van der Waals surface area contributed by atoms with Crippen molar-refractivity contribution in [3.63, 3.8) is 0 Å². The fraction of sp³-hybridized carbons (Fsp3) is 0.833. The number of hydrogen-bond donors (Lipinski definition) is 1. The lowest BCUT2D eigenvalue weighted by Gasteiger charge is -2.15. The van der Waals surface area contributed by atoms with E-state index in [0.717, 1.165) is 5.06 Å². The molecule has 0 aliphatic heterocycles. The van der Waals surface area contributed by atoms with Crippen LogP contribution in [0.4, 0.5) is 4.79 Å². The first-order chi connectivity index (χ1) is 6.11. The van der Waals surface area contributed by atoms with E-state index in [4.69, 9.17) is 19.4 Å². The molecular weight excluding hydrogens is 194 g/mol. The molecule has 13 heavy (non-hydrogen) atoms. The predicted molar refractivity (Wildman–Crippen MR) is 48.1 cm³/mol. The Hall–Kier alpha value is -0.633. The van der Waals surface area contributed by atoms with Crippen LogP contribution in [0.25, 0.3) is 0 Å². The van der Waals surface area contributed by atoms with Crippen molar-refractivity contribution < 1.29 is 24.2 Å². The number of hydroxylamine groups is 2. The molecular formula is C6H15NO5Si. The second-order valence-corrected chi connectivity index (χ2v) is 3.96. The molecule has 1 amide bonds. The summed E-state index contributed by atoms with van der Waals surface area (Å²) in [4.78, 5) is 15.1. The summed E-state index contributed by atoms with van der Waals surface area (Å²) in [6.07, 6.45) is -0.741. The summed E-state index contributed by atoms with van der Waals surface area (Å²) < 4.78 is 9.87.